The maximum atomic E-state index is 11.7. The van der Waals surface area contributed by atoms with Gasteiger partial charge in [-0.05, 0) is 24.7 Å². The van der Waals surface area contributed by atoms with Crippen molar-refractivity contribution in [1.29, 1.82) is 0 Å². The van der Waals surface area contributed by atoms with Crippen LogP contribution in [0.25, 0.3) is 0 Å². The van der Waals surface area contributed by atoms with Gasteiger partial charge in [-0.1, -0.05) is 13.8 Å². The Morgan fingerprint density at radius 1 is 1.31 bits per heavy atom. The summed E-state index contributed by atoms with van der Waals surface area (Å²) in [5.74, 6) is 2.16. The number of hydrogen-bond acceptors (Lipinski definition) is 2. The molecule has 2 saturated carbocycles. The molecule has 13 heavy (non-hydrogen) atoms. The average molecular weight is 182 g/mol. The molecule has 2 heteroatoms. The number of methoxy groups -OCH3 is 1. The van der Waals surface area contributed by atoms with E-state index in [0.717, 1.165) is 12.8 Å². The smallest absolute Gasteiger partial charge is 0.139 e. The van der Waals surface area contributed by atoms with Crippen LogP contribution < -0.4 is 0 Å². The summed E-state index contributed by atoms with van der Waals surface area (Å²) in [6, 6.07) is 0. The van der Waals surface area contributed by atoms with Crippen LogP contribution >= 0.6 is 0 Å². The van der Waals surface area contributed by atoms with Crippen LogP contribution in [0.4, 0.5) is 0 Å². The molecule has 0 heterocycles. The Labute approximate surface area is 79.7 Å². The van der Waals surface area contributed by atoms with E-state index in [1.165, 1.54) is 0 Å². The van der Waals surface area contributed by atoms with Crippen LogP contribution in [0.1, 0.15) is 26.7 Å². The zero-order valence-corrected chi connectivity index (χ0v) is 8.62. The van der Waals surface area contributed by atoms with Crippen molar-refractivity contribution in [2.24, 2.45) is 23.7 Å². The van der Waals surface area contributed by atoms with Crippen LogP contribution in [0.3, 0.4) is 0 Å². The van der Waals surface area contributed by atoms with Gasteiger partial charge in [0, 0.05) is 18.9 Å². The van der Waals surface area contributed by atoms with Gasteiger partial charge in [-0.25, -0.2) is 0 Å². The lowest BCUT2D eigenvalue weighted by Gasteiger charge is -2.19. The quantitative estimate of drug-likeness (QED) is 0.619. The number of fused-ring (bicyclic) bond motifs is 1. The molecule has 0 N–H and O–H groups in total. The zero-order chi connectivity index (χ0) is 9.59. The molecule has 0 bridgehead atoms. The normalized spacial score (nSPS) is 49.8. The van der Waals surface area contributed by atoms with Gasteiger partial charge in [-0.2, -0.15) is 0 Å². The van der Waals surface area contributed by atoms with Gasteiger partial charge in [-0.15, -0.1) is 0 Å². The minimum Gasteiger partial charge on any atom is -0.381 e. The number of ether oxygens (including phenoxy) is 1. The highest BCUT2D eigenvalue weighted by Crippen LogP contribution is 2.48. The van der Waals surface area contributed by atoms with Gasteiger partial charge in [0.1, 0.15) is 5.78 Å². The molecule has 0 spiro atoms. The Balaban J connectivity index is 2.17. The number of rotatable bonds is 1. The summed E-state index contributed by atoms with van der Waals surface area (Å²) in [6.07, 6.45) is 2.43. The highest BCUT2D eigenvalue weighted by molar-refractivity contribution is 5.86. The minimum absolute atomic E-state index is 0.278. The van der Waals surface area contributed by atoms with E-state index >= 15 is 0 Å². The van der Waals surface area contributed by atoms with E-state index in [9.17, 15) is 4.79 Å². The summed E-state index contributed by atoms with van der Waals surface area (Å²) in [5.41, 5.74) is 0. The Morgan fingerprint density at radius 2 is 2.00 bits per heavy atom. The molecular weight excluding hydrogens is 164 g/mol. The molecule has 2 aliphatic carbocycles. The van der Waals surface area contributed by atoms with E-state index in [1.54, 1.807) is 7.11 Å². The fourth-order valence-corrected chi connectivity index (χ4v) is 3.28. The number of Topliss-reactive ketones (excluding diaryl/α,β-unsaturated/α-hetero) is 1. The third-order valence-corrected chi connectivity index (χ3v) is 3.87. The summed E-state index contributed by atoms with van der Waals surface area (Å²) in [7, 11) is 1.77. The van der Waals surface area contributed by atoms with Crippen molar-refractivity contribution in [3.8, 4) is 0 Å². The second-order valence-corrected chi connectivity index (χ2v) is 4.72. The summed E-state index contributed by atoms with van der Waals surface area (Å²) in [4.78, 5) is 11.7. The van der Waals surface area contributed by atoms with Gasteiger partial charge in [0.2, 0.25) is 0 Å². The fraction of sp³-hybridized carbons (Fsp3) is 0.909. The molecular formula is C11H18O2. The van der Waals surface area contributed by atoms with Crippen LogP contribution in [-0.4, -0.2) is 19.0 Å². The third-order valence-electron chi connectivity index (χ3n) is 3.87. The van der Waals surface area contributed by atoms with Crippen molar-refractivity contribution in [3.63, 3.8) is 0 Å². The highest BCUT2D eigenvalue weighted by Gasteiger charge is 2.50. The van der Waals surface area contributed by atoms with Crippen LogP contribution in [0.15, 0.2) is 0 Å². The first-order valence-corrected chi connectivity index (χ1v) is 5.21. The molecule has 0 aromatic carbocycles. The van der Waals surface area contributed by atoms with Crippen molar-refractivity contribution in [2.75, 3.05) is 7.11 Å². The molecule has 2 fully saturated rings. The maximum absolute atomic E-state index is 11.7. The summed E-state index contributed by atoms with van der Waals surface area (Å²) < 4.78 is 5.48. The van der Waals surface area contributed by atoms with Crippen molar-refractivity contribution in [1.82, 2.24) is 0 Å². The van der Waals surface area contributed by atoms with Gasteiger partial charge in [0.05, 0.1) is 6.10 Å². The summed E-state index contributed by atoms with van der Waals surface area (Å²) in [5, 5.41) is 0. The second-order valence-electron chi connectivity index (χ2n) is 4.72. The number of ketones is 1. The molecule has 0 radical (unpaired) electrons. The third kappa shape index (κ3) is 1.23. The minimum atomic E-state index is 0.278. The summed E-state index contributed by atoms with van der Waals surface area (Å²) in [6.45, 7) is 4.25. The van der Waals surface area contributed by atoms with E-state index in [0.29, 0.717) is 29.6 Å². The van der Waals surface area contributed by atoms with Crippen LogP contribution in [0.2, 0.25) is 0 Å². The number of hydrogen-bond donors (Lipinski definition) is 0. The van der Waals surface area contributed by atoms with E-state index in [1.807, 2.05) is 0 Å². The Morgan fingerprint density at radius 3 is 2.62 bits per heavy atom. The predicted molar refractivity (Wildman–Crippen MR) is 50.3 cm³/mol. The first-order chi connectivity index (χ1) is 6.15. The molecule has 0 aromatic heterocycles. The van der Waals surface area contributed by atoms with Gasteiger partial charge < -0.3 is 4.74 Å². The molecule has 0 unspecified atom stereocenters. The molecule has 2 aliphatic rings. The Kier molecular flexibility index (Phi) is 2.18. The Bertz CT molecular complexity index is 224. The van der Waals surface area contributed by atoms with E-state index < -0.39 is 0 Å². The first kappa shape index (κ1) is 9.20. The van der Waals surface area contributed by atoms with E-state index in [2.05, 4.69) is 13.8 Å². The van der Waals surface area contributed by atoms with Gasteiger partial charge >= 0.3 is 0 Å². The Hall–Kier alpha value is -0.370. The van der Waals surface area contributed by atoms with E-state index in [4.69, 9.17) is 4.74 Å². The van der Waals surface area contributed by atoms with Crippen molar-refractivity contribution in [2.45, 2.75) is 32.8 Å². The molecule has 0 aliphatic heterocycles. The number of carbonyl (C=O) groups excluding carboxylic acids is 1. The standard InChI is InChI=1S/C11H18O2/c1-6-4-9-8(10(6)12)5-7(2)11(9)13-3/h6-9,11H,4-5H2,1-3H3/t6-,7+,8-,9-,11-/m0/s1. The van der Waals surface area contributed by atoms with Crippen molar-refractivity contribution in [3.05, 3.63) is 0 Å². The SMILES string of the molecule is CO[C@@H]1[C@H]2C[C@H](C)C(=O)[C@H]2C[C@H]1C. The molecule has 0 amide bonds. The van der Waals surface area contributed by atoms with Gasteiger partial charge in [0.15, 0.2) is 0 Å². The molecule has 0 aromatic rings. The maximum Gasteiger partial charge on any atom is 0.139 e. The monoisotopic (exact) mass is 182 g/mol. The fourth-order valence-electron chi connectivity index (χ4n) is 3.28. The lowest BCUT2D eigenvalue weighted by Crippen LogP contribution is -2.22. The largest absolute Gasteiger partial charge is 0.381 e. The van der Waals surface area contributed by atoms with Crippen molar-refractivity contribution < 1.29 is 9.53 Å². The van der Waals surface area contributed by atoms with E-state index in [-0.39, 0.29) is 5.92 Å². The number of carbonyl (C=O) groups is 1. The molecule has 74 valence electrons. The second kappa shape index (κ2) is 3.09. The highest BCUT2D eigenvalue weighted by atomic mass is 16.5. The average Bonchev–Trinajstić information content (AvgIpc) is 2.52. The van der Waals surface area contributed by atoms with Crippen LogP contribution in [0.5, 0.6) is 0 Å². The van der Waals surface area contributed by atoms with Gasteiger partial charge in [-0.3, -0.25) is 4.79 Å². The predicted octanol–water partition coefficient (Wildman–Crippen LogP) is 1.88. The first-order valence-electron chi connectivity index (χ1n) is 5.21. The molecule has 5 atom stereocenters. The summed E-state index contributed by atoms with van der Waals surface area (Å²) >= 11 is 0. The lowest BCUT2D eigenvalue weighted by molar-refractivity contribution is -0.123. The van der Waals surface area contributed by atoms with Gasteiger partial charge in [0.25, 0.3) is 0 Å². The topological polar surface area (TPSA) is 26.3 Å². The zero-order valence-electron chi connectivity index (χ0n) is 8.62. The van der Waals surface area contributed by atoms with Crippen LogP contribution in [0, 0.1) is 23.7 Å². The molecule has 0 saturated heterocycles. The molecule has 2 rings (SSSR count). The molecule has 2 nitrogen and oxygen atoms in total. The van der Waals surface area contributed by atoms with Crippen LogP contribution in [-0.2, 0) is 9.53 Å². The van der Waals surface area contributed by atoms with Crippen molar-refractivity contribution >= 4 is 5.78 Å². The lowest BCUT2D eigenvalue weighted by atomic mass is 9.97.